The van der Waals surface area contributed by atoms with Crippen molar-refractivity contribution in [1.82, 2.24) is 20.3 Å². The van der Waals surface area contributed by atoms with Crippen LogP contribution in [0.3, 0.4) is 0 Å². The van der Waals surface area contributed by atoms with E-state index in [1.54, 1.807) is 10.4 Å². The molecule has 5 heteroatoms. The molecule has 0 aromatic carbocycles. The quantitative estimate of drug-likeness (QED) is 0.912. The van der Waals surface area contributed by atoms with Gasteiger partial charge < -0.3 is 5.32 Å². The Kier molecular flexibility index (Phi) is 3.66. The van der Waals surface area contributed by atoms with Gasteiger partial charge >= 0.3 is 0 Å². The van der Waals surface area contributed by atoms with Gasteiger partial charge in [-0.1, -0.05) is 12.1 Å². The van der Waals surface area contributed by atoms with Crippen LogP contribution in [0.15, 0.2) is 12.3 Å². The molecule has 1 aliphatic carbocycles. The van der Waals surface area contributed by atoms with E-state index in [1.807, 2.05) is 29.3 Å². The van der Waals surface area contributed by atoms with Crippen LogP contribution in [0.1, 0.15) is 46.8 Å². The van der Waals surface area contributed by atoms with Gasteiger partial charge in [-0.05, 0) is 43.9 Å². The van der Waals surface area contributed by atoms with Gasteiger partial charge in [0.05, 0.1) is 17.9 Å². The summed E-state index contributed by atoms with van der Waals surface area (Å²) >= 11 is 1.96. The third kappa shape index (κ3) is 2.44. The van der Waals surface area contributed by atoms with Crippen LogP contribution in [0.25, 0.3) is 0 Å². The topological polar surface area (TPSA) is 42.7 Å². The molecule has 0 radical (unpaired) electrons. The second-order valence-corrected chi connectivity index (χ2v) is 6.29. The largest absolute Gasteiger partial charge is 0.304 e. The molecular formula is C14H20N4S. The van der Waals surface area contributed by atoms with Crippen molar-refractivity contribution in [2.75, 3.05) is 6.54 Å². The van der Waals surface area contributed by atoms with Crippen molar-refractivity contribution in [3.8, 4) is 0 Å². The zero-order chi connectivity index (χ0) is 13.2. The molecule has 0 amide bonds. The Hall–Kier alpha value is -1.20. The van der Waals surface area contributed by atoms with Gasteiger partial charge in [0.25, 0.3) is 0 Å². The highest BCUT2D eigenvalue weighted by molar-refractivity contribution is 7.12. The van der Waals surface area contributed by atoms with Gasteiger partial charge in [0.1, 0.15) is 0 Å². The number of thiophene rings is 1. The number of nitrogens with one attached hydrogen (secondary N) is 1. The summed E-state index contributed by atoms with van der Waals surface area (Å²) in [5, 5.41) is 11.7. The molecule has 1 atom stereocenters. The molecule has 0 saturated heterocycles. The lowest BCUT2D eigenvalue weighted by Crippen LogP contribution is -2.24. The van der Waals surface area contributed by atoms with Gasteiger partial charge in [0.2, 0.25) is 0 Å². The van der Waals surface area contributed by atoms with Crippen molar-refractivity contribution in [1.29, 1.82) is 0 Å². The molecule has 0 spiro atoms. The predicted molar refractivity (Wildman–Crippen MR) is 77.5 cm³/mol. The van der Waals surface area contributed by atoms with Gasteiger partial charge in [-0.2, -0.15) is 0 Å². The maximum absolute atomic E-state index is 4.07. The summed E-state index contributed by atoms with van der Waals surface area (Å²) in [6.07, 6.45) is 6.83. The Balaban J connectivity index is 1.92. The Morgan fingerprint density at radius 1 is 1.47 bits per heavy atom. The highest BCUT2D eigenvalue weighted by Gasteiger charge is 2.23. The summed E-state index contributed by atoms with van der Waals surface area (Å²) in [4.78, 5) is 2.98. The fourth-order valence-corrected chi connectivity index (χ4v) is 4.04. The second kappa shape index (κ2) is 5.43. The van der Waals surface area contributed by atoms with E-state index in [-0.39, 0.29) is 6.04 Å². The number of nitrogens with zero attached hydrogens (tertiary/aromatic N) is 3. The van der Waals surface area contributed by atoms with E-state index < -0.39 is 0 Å². The summed E-state index contributed by atoms with van der Waals surface area (Å²) in [6.45, 7) is 3.21. The normalized spacial score (nSPS) is 15.7. The van der Waals surface area contributed by atoms with E-state index in [1.165, 1.54) is 24.1 Å². The summed E-state index contributed by atoms with van der Waals surface area (Å²) in [6, 6.07) is 2.61. The minimum Gasteiger partial charge on any atom is -0.304 e. The van der Waals surface area contributed by atoms with Crippen molar-refractivity contribution in [2.24, 2.45) is 7.05 Å². The first-order valence-electron chi connectivity index (χ1n) is 6.99. The van der Waals surface area contributed by atoms with Gasteiger partial charge in [-0.15, -0.1) is 16.4 Å². The molecule has 0 saturated carbocycles. The molecule has 1 aliphatic rings. The lowest BCUT2D eigenvalue weighted by molar-refractivity contribution is 0.556. The molecule has 2 heterocycles. The molecule has 102 valence electrons. The van der Waals surface area contributed by atoms with Crippen LogP contribution in [-0.2, 0) is 19.9 Å². The highest BCUT2D eigenvalue weighted by Crippen LogP contribution is 2.35. The fraction of sp³-hybridized carbons (Fsp3) is 0.571. The Morgan fingerprint density at radius 3 is 3.05 bits per heavy atom. The van der Waals surface area contributed by atoms with E-state index in [0.29, 0.717) is 0 Å². The molecule has 0 aliphatic heterocycles. The Labute approximate surface area is 117 Å². The van der Waals surface area contributed by atoms with Crippen molar-refractivity contribution >= 4 is 11.3 Å². The van der Waals surface area contributed by atoms with Crippen molar-refractivity contribution in [3.05, 3.63) is 33.3 Å². The van der Waals surface area contributed by atoms with Gasteiger partial charge in [0.15, 0.2) is 0 Å². The molecular weight excluding hydrogens is 256 g/mol. The first-order valence-corrected chi connectivity index (χ1v) is 7.80. The molecule has 1 N–H and O–H groups in total. The summed E-state index contributed by atoms with van der Waals surface area (Å²) < 4.78 is 1.87. The number of hydrogen-bond acceptors (Lipinski definition) is 4. The van der Waals surface area contributed by atoms with Gasteiger partial charge in [0, 0.05) is 16.8 Å². The first-order chi connectivity index (χ1) is 9.29. The Morgan fingerprint density at radius 2 is 2.37 bits per heavy atom. The molecule has 0 bridgehead atoms. The summed E-state index contributed by atoms with van der Waals surface area (Å²) in [7, 11) is 1.96. The van der Waals surface area contributed by atoms with E-state index in [9.17, 15) is 0 Å². The molecule has 1 unspecified atom stereocenters. The number of hydrogen-bond donors (Lipinski definition) is 1. The van der Waals surface area contributed by atoms with Crippen LogP contribution < -0.4 is 5.32 Å². The van der Waals surface area contributed by atoms with Crippen LogP contribution in [0.4, 0.5) is 0 Å². The van der Waals surface area contributed by atoms with Crippen LogP contribution in [-0.4, -0.2) is 21.5 Å². The summed E-state index contributed by atoms with van der Waals surface area (Å²) in [5.41, 5.74) is 2.70. The number of aromatic nitrogens is 3. The third-order valence-corrected chi connectivity index (χ3v) is 5.00. The Bertz CT molecular complexity index is 536. The standard InChI is InChI=1S/C14H20N4S/c1-3-7-15-14(11-9-16-17-18(11)2)13-8-10-5-4-6-12(10)19-13/h8-9,14-15H,3-7H2,1-2H3. The number of rotatable bonds is 5. The average Bonchev–Trinajstić information content (AvgIpc) is 3.06. The predicted octanol–water partition coefficient (Wildman–Crippen LogP) is 2.45. The van der Waals surface area contributed by atoms with Crippen molar-refractivity contribution in [3.63, 3.8) is 0 Å². The zero-order valence-corrected chi connectivity index (χ0v) is 12.3. The van der Waals surface area contributed by atoms with Crippen LogP contribution in [0.5, 0.6) is 0 Å². The van der Waals surface area contributed by atoms with Gasteiger partial charge in [-0.3, -0.25) is 4.68 Å². The maximum Gasteiger partial charge on any atom is 0.0858 e. The SMILES string of the molecule is CCCNC(c1cc2c(s1)CCC2)c1cnnn1C. The van der Waals surface area contributed by atoms with E-state index in [4.69, 9.17) is 0 Å². The minimum atomic E-state index is 0.232. The smallest absolute Gasteiger partial charge is 0.0858 e. The zero-order valence-electron chi connectivity index (χ0n) is 11.5. The third-order valence-electron chi connectivity index (χ3n) is 3.69. The minimum absolute atomic E-state index is 0.232. The first kappa shape index (κ1) is 12.8. The molecule has 3 rings (SSSR count). The monoisotopic (exact) mass is 276 g/mol. The van der Waals surface area contributed by atoms with E-state index in [2.05, 4.69) is 28.6 Å². The highest BCUT2D eigenvalue weighted by atomic mass is 32.1. The van der Waals surface area contributed by atoms with E-state index in [0.717, 1.165) is 18.7 Å². The van der Waals surface area contributed by atoms with Crippen LogP contribution in [0.2, 0.25) is 0 Å². The van der Waals surface area contributed by atoms with Crippen LogP contribution >= 0.6 is 11.3 Å². The summed E-state index contributed by atoms with van der Waals surface area (Å²) in [5.74, 6) is 0. The molecule has 2 aromatic rings. The van der Waals surface area contributed by atoms with Gasteiger partial charge in [-0.25, -0.2) is 0 Å². The second-order valence-electron chi connectivity index (χ2n) is 5.12. The number of aryl methyl sites for hydroxylation is 3. The fourth-order valence-electron chi connectivity index (χ4n) is 2.69. The average molecular weight is 276 g/mol. The lowest BCUT2D eigenvalue weighted by Gasteiger charge is -2.16. The lowest BCUT2D eigenvalue weighted by atomic mass is 10.1. The van der Waals surface area contributed by atoms with Crippen molar-refractivity contribution in [2.45, 2.75) is 38.6 Å². The maximum atomic E-state index is 4.07. The molecule has 19 heavy (non-hydrogen) atoms. The number of fused-ring (bicyclic) bond motifs is 1. The van der Waals surface area contributed by atoms with E-state index >= 15 is 0 Å². The molecule has 4 nitrogen and oxygen atoms in total. The molecule has 2 aromatic heterocycles. The van der Waals surface area contributed by atoms with Crippen molar-refractivity contribution < 1.29 is 0 Å². The van der Waals surface area contributed by atoms with Crippen LogP contribution in [0, 0.1) is 0 Å². The molecule has 0 fully saturated rings.